The van der Waals surface area contributed by atoms with Crippen LogP contribution < -0.4 is 11.1 Å². The molecule has 0 atom stereocenters. The van der Waals surface area contributed by atoms with Gasteiger partial charge in [-0.3, -0.25) is 4.79 Å². The largest absolute Gasteiger partial charge is 0.507 e. The van der Waals surface area contributed by atoms with Gasteiger partial charge in [-0.1, -0.05) is 12.1 Å². The molecule has 0 saturated carbocycles. The van der Waals surface area contributed by atoms with E-state index in [1.165, 1.54) is 18.2 Å². The van der Waals surface area contributed by atoms with Gasteiger partial charge in [0.25, 0.3) is 5.91 Å². The summed E-state index contributed by atoms with van der Waals surface area (Å²) in [6.45, 7) is 1.69. The minimum atomic E-state index is -0.605. The van der Waals surface area contributed by atoms with Gasteiger partial charge in [0.15, 0.2) is 0 Å². The number of halogens is 1. The normalized spacial score (nSPS) is 10.2. The van der Waals surface area contributed by atoms with Gasteiger partial charge in [-0.25, -0.2) is 4.39 Å². The molecule has 2 aromatic rings. The Morgan fingerprint density at radius 2 is 2.05 bits per heavy atom. The minimum Gasteiger partial charge on any atom is -0.507 e. The summed E-state index contributed by atoms with van der Waals surface area (Å²) in [6.07, 6.45) is 0. The summed E-state index contributed by atoms with van der Waals surface area (Å²) >= 11 is 0. The van der Waals surface area contributed by atoms with Gasteiger partial charge < -0.3 is 16.2 Å². The number of amides is 1. The first-order chi connectivity index (χ1) is 8.99. The van der Waals surface area contributed by atoms with Crippen molar-refractivity contribution in [3.8, 4) is 5.75 Å². The van der Waals surface area contributed by atoms with Crippen LogP contribution in [0.25, 0.3) is 0 Å². The quantitative estimate of drug-likeness (QED) is 0.727. The fraction of sp³-hybridized carbons (Fsp3) is 0.0714. The van der Waals surface area contributed by atoms with Gasteiger partial charge in [0, 0.05) is 5.69 Å². The van der Waals surface area contributed by atoms with E-state index in [0.717, 1.165) is 6.07 Å². The molecule has 0 radical (unpaired) electrons. The van der Waals surface area contributed by atoms with Crippen LogP contribution in [0.4, 0.5) is 15.8 Å². The molecule has 0 aliphatic rings. The van der Waals surface area contributed by atoms with Crippen molar-refractivity contribution in [1.82, 2.24) is 0 Å². The van der Waals surface area contributed by atoms with Crippen LogP contribution in [0.3, 0.4) is 0 Å². The third-order valence-corrected chi connectivity index (χ3v) is 2.74. The van der Waals surface area contributed by atoms with Crippen LogP contribution >= 0.6 is 0 Å². The first kappa shape index (κ1) is 12.9. The van der Waals surface area contributed by atoms with Crippen LogP contribution in [-0.4, -0.2) is 11.0 Å². The Labute approximate surface area is 109 Å². The number of rotatable bonds is 2. The van der Waals surface area contributed by atoms with Crippen molar-refractivity contribution in [2.45, 2.75) is 6.92 Å². The molecule has 4 nitrogen and oxygen atoms in total. The highest BCUT2D eigenvalue weighted by molar-refractivity contribution is 6.06. The molecule has 2 rings (SSSR count). The summed E-state index contributed by atoms with van der Waals surface area (Å²) in [5.41, 5.74) is 6.36. The molecular weight excluding hydrogens is 247 g/mol. The van der Waals surface area contributed by atoms with Gasteiger partial charge in [0.05, 0.1) is 11.3 Å². The minimum absolute atomic E-state index is 0.0106. The van der Waals surface area contributed by atoms with E-state index in [1.807, 2.05) is 0 Å². The first-order valence-corrected chi connectivity index (χ1v) is 5.64. The maximum absolute atomic E-state index is 13.2. The molecule has 0 fully saturated rings. The van der Waals surface area contributed by atoms with Gasteiger partial charge in [-0.05, 0) is 36.8 Å². The Balaban J connectivity index is 2.26. The number of carbonyl (C=O) groups is 1. The number of phenolic OH excluding ortho intramolecular Hbond substituents is 1. The number of aryl methyl sites for hydroxylation is 1. The lowest BCUT2D eigenvalue weighted by Crippen LogP contribution is -2.12. The summed E-state index contributed by atoms with van der Waals surface area (Å²) in [5.74, 6) is -1.20. The number of para-hydroxylation sites is 1. The van der Waals surface area contributed by atoms with E-state index < -0.39 is 11.7 Å². The zero-order valence-corrected chi connectivity index (χ0v) is 10.3. The Morgan fingerprint density at radius 1 is 1.32 bits per heavy atom. The molecule has 0 spiro atoms. The van der Waals surface area contributed by atoms with E-state index in [-0.39, 0.29) is 22.7 Å². The van der Waals surface area contributed by atoms with Crippen LogP contribution in [-0.2, 0) is 0 Å². The van der Waals surface area contributed by atoms with Crippen LogP contribution in [0.15, 0.2) is 36.4 Å². The fourth-order valence-electron chi connectivity index (χ4n) is 1.65. The van der Waals surface area contributed by atoms with Crippen molar-refractivity contribution in [2.75, 3.05) is 11.1 Å². The number of carbonyl (C=O) groups excluding carboxylic acids is 1. The Bertz CT molecular complexity index is 641. The molecule has 0 aliphatic carbocycles. The van der Waals surface area contributed by atoms with E-state index in [9.17, 15) is 14.3 Å². The number of phenols is 1. The monoisotopic (exact) mass is 260 g/mol. The highest BCUT2D eigenvalue weighted by atomic mass is 19.1. The second kappa shape index (κ2) is 4.97. The van der Waals surface area contributed by atoms with Crippen molar-refractivity contribution in [3.05, 3.63) is 53.3 Å². The molecular formula is C14H13FN2O2. The molecule has 1 amide bonds. The predicted octanol–water partition coefficient (Wildman–Crippen LogP) is 2.67. The summed E-state index contributed by atoms with van der Waals surface area (Å²) in [7, 11) is 0. The molecule has 0 bridgehead atoms. The molecule has 0 aromatic heterocycles. The number of nitrogen functional groups attached to an aromatic ring is 1. The summed E-state index contributed by atoms with van der Waals surface area (Å²) < 4.78 is 13.2. The average molecular weight is 260 g/mol. The summed E-state index contributed by atoms with van der Waals surface area (Å²) in [5, 5.41) is 12.3. The number of nitrogens with two attached hydrogens (primary N) is 1. The number of aromatic hydroxyl groups is 1. The molecule has 0 unspecified atom stereocenters. The highest BCUT2D eigenvalue weighted by Gasteiger charge is 2.13. The molecule has 5 heteroatoms. The third-order valence-electron chi connectivity index (χ3n) is 2.74. The molecule has 0 saturated heterocycles. The Kier molecular flexibility index (Phi) is 3.37. The predicted molar refractivity (Wildman–Crippen MR) is 71.6 cm³/mol. The van der Waals surface area contributed by atoms with Gasteiger partial charge in [0.1, 0.15) is 11.6 Å². The highest BCUT2D eigenvalue weighted by Crippen LogP contribution is 2.23. The molecule has 0 heterocycles. The second-order valence-electron chi connectivity index (χ2n) is 4.16. The lowest BCUT2D eigenvalue weighted by atomic mass is 10.1. The SMILES string of the molecule is Cc1cccc(C(=O)Nc2ccc(N)c(F)c2)c1O. The smallest absolute Gasteiger partial charge is 0.259 e. The van der Waals surface area contributed by atoms with Gasteiger partial charge in [0.2, 0.25) is 0 Å². The van der Waals surface area contributed by atoms with Crippen LogP contribution in [0, 0.1) is 12.7 Å². The zero-order valence-electron chi connectivity index (χ0n) is 10.3. The molecule has 98 valence electrons. The first-order valence-electron chi connectivity index (χ1n) is 5.64. The Morgan fingerprint density at radius 3 is 2.74 bits per heavy atom. The standard InChI is InChI=1S/C14H13FN2O2/c1-8-3-2-4-10(13(8)18)14(19)17-9-5-6-12(16)11(15)7-9/h2-7,18H,16H2,1H3,(H,17,19). The summed E-state index contributed by atoms with van der Waals surface area (Å²) in [4.78, 5) is 12.0. The Hall–Kier alpha value is -2.56. The number of benzene rings is 2. The second-order valence-corrected chi connectivity index (χ2v) is 4.16. The van der Waals surface area contributed by atoms with Crippen molar-refractivity contribution in [2.24, 2.45) is 0 Å². The topological polar surface area (TPSA) is 75.4 Å². The van der Waals surface area contributed by atoms with Gasteiger partial charge in [-0.2, -0.15) is 0 Å². The molecule has 2 aromatic carbocycles. The van der Waals surface area contributed by atoms with Crippen molar-refractivity contribution >= 4 is 17.3 Å². The maximum Gasteiger partial charge on any atom is 0.259 e. The number of anilines is 2. The van der Waals surface area contributed by atoms with E-state index in [2.05, 4.69) is 5.32 Å². The van der Waals surface area contributed by atoms with Crippen LogP contribution in [0.5, 0.6) is 5.75 Å². The lowest BCUT2D eigenvalue weighted by molar-refractivity contribution is 0.102. The van der Waals surface area contributed by atoms with Crippen LogP contribution in [0.1, 0.15) is 15.9 Å². The number of hydrogen-bond donors (Lipinski definition) is 3. The number of hydrogen-bond acceptors (Lipinski definition) is 3. The van der Waals surface area contributed by atoms with Crippen molar-refractivity contribution in [3.63, 3.8) is 0 Å². The average Bonchev–Trinajstić information content (AvgIpc) is 2.37. The third kappa shape index (κ3) is 2.65. The summed E-state index contributed by atoms with van der Waals surface area (Å²) in [6, 6.07) is 8.82. The van der Waals surface area contributed by atoms with Gasteiger partial charge in [-0.15, -0.1) is 0 Å². The zero-order chi connectivity index (χ0) is 14.0. The maximum atomic E-state index is 13.2. The van der Waals surface area contributed by atoms with E-state index in [4.69, 9.17) is 5.73 Å². The van der Waals surface area contributed by atoms with Gasteiger partial charge >= 0.3 is 0 Å². The van der Waals surface area contributed by atoms with Crippen LogP contribution in [0.2, 0.25) is 0 Å². The molecule has 0 aliphatic heterocycles. The van der Waals surface area contributed by atoms with E-state index >= 15 is 0 Å². The lowest BCUT2D eigenvalue weighted by Gasteiger charge is -2.09. The van der Waals surface area contributed by atoms with Crippen molar-refractivity contribution < 1.29 is 14.3 Å². The van der Waals surface area contributed by atoms with E-state index in [0.29, 0.717) is 5.56 Å². The van der Waals surface area contributed by atoms with Crippen molar-refractivity contribution in [1.29, 1.82) is 0 Å². The molecule has 4 N–H and O–H groups in total. The number of nitrogens with one attached hydrogen (secondary N) is 1. The molecule has 19 heavy (non-hydrogen) atoms. The fourth-order valence-corrected chi connectivity index (χ4v) is 1.65. The van der Waals surface area contributed by atoms with E-state index in [1.54, 1.807) is 19.1 Å².